The van der Waals surface area contributed by atoms with Gasteiger partial charge in [-0.25, -0.2) is 0 Å². The molecule has 1 atom stereocenters. The average Bonchev–Trinajstić information content (AvgIpc) is 2.34. The van der Waals surface area contributed by atoms with Crippen LogP contribution < -0.4 is 5.32 Å². The quantitative estimate of drug-likeness (QED) is 0.833. The highest BCUT2D eigenvalue weighted by Crippen LogP contribution is 2.21. The molecule has 1 fully saturated rings. The lowest BCUT2D eigenvalue weighted by molar-refractivity contribution is -0.139. The van der Waals surface area contributed by atoms with Crippen molar-refractivity contribution in [1.82, 2.24) is 10.2 Å². The van der Waals surface area contributed by atoms with Gasteiger partial charge in [0.1, 0.15) is 5.54 Å². The van der Waals surface area contributed by atoms with E-state index in [4.69, 9.17) is 0 Å². The van der Waals surface area contributed by atoms with Crippen LogP contribution in [0, 0.1) is 5.92 Å². The van der Waals surface area contributed by atoms with Crippen LogP contribution in [0.5, 0.6) is 0 Å². The summed E-state index contributed by atoms with van der Waals surface area (Å²) in [6.07, 6.45) is 2.53. The van der Waals surface area contributed by atoms with Gasteiger partial charge in [0.05, 0.1) is 0 Å². The van der Waals surface area contributed by atoms with Crippen LogP contribution in [-0.2, 0) is 9.59 Å². The van der Waals surface area contributed by atoms with E-state index >= 15 is 0 Å². The Kier molecular flexibility index (Phi) is 4.77. The van der Waals surface area contributed by atoms with Crippen molar-refractivity contribution in [3.63, 3.8) is 0 Å². The zero-order valence-corrected chi connectivity index (χ0v) is 12.2. The van der Waals surface area contributed by atoms with Crippen molar-refractivity contribution in [2.45, 2.75) is 65.5 Å². The van der Waals surface area contributed by atoms with Crippen molar-refractivity contribution >= 4 is 11.8 Å². The Balaban J connectivity index is 2.91. The smallest absolute Gasteiger partial charge is 0.248 e. The van der Waals surface area contributed by atoms with Gasteiger partial charge in [0.25, 0.3) is 0 Å². The number of nitrogens with one attached hydrogen (secondary N) is 1. The van der Waals surface area contributed by atoms with Gasteiger partial charge in [-0.3, -0.25) is 9.59 Å². The fourth-order valence-electron chi connectivity index (χ4n) is 2.48. The molecule has 1 heterocycles. The normalized spacial score (nSPS) is 24.1. The SMILES string of the molecule is CCC(CC)CN1C(=O)C(C)(C)NC(=O)CC1C. The van der Waals surface area contributed by atoms with Crippen LogP contribution in [-0.4, -0.2) is 34.8 Å². The highest BCUT2D eigenvalue weighted by atomic mass is 16.2. The number of hydrogen-bond acceptors (Lipinski definition) is 2. The molecule has 0 radical (unpaired) electrons. The van der Waals surface area contributed by atoms with E-state index in [-0.39, 0.29) is 17.9 Å². The van der Waals surface area contributed by atoms with E-state index in [1.54, 1.807) is 13.8 Å². The van der Waals surface area contributed by atoms with E-state index in [2.05, 4.69) is 19.2 Å². The summed E-state index contributed by atoms with van der Waals surface area (Å²) in [4.78, 5) is 26.1. The summed E-state index contributed by atoms with van der Waals surface area (Å²) in [6, 6.07) is -0.0140. The Bertz CT molecular complexity index is 322. The van der Waals surface area contributed by atoms with E-state index in [1.807, 2.05) is 11.8 Å². The van der Waals surface area contributed by atoms with E-state index in [9.17, 15) is 9.59 Å². The molecule has 1 aliphatic heterocycles. The second-order valence-electron chi connectivity index (χ2n) is 5.87. The monoisotopic (exact) mass is 254 g/mol. The summed E-state index contributed by atoms with van der Waals surface area (Å²) in [5.74, 6) is 0.515. The summed E-state index contributed by atoms with van der Waals surface area (Å²) in [6.45, 7) is 10.6. The molecule has 0 aromatic heterocycles. The van der Waals surface area contributed by atoms with Gasteiger partial charge in [-0.1, -0.05) is 26.7 Å². The van der Waals surface area contributed by atoms with E-state index in [1.165, 1.54) is 0 Å². The first-order valence-electron chi connectivity index (χ1n) is 6.93. The zero-order valence-electron chi connectivity index (χ0n) is 12.2. The largest absolute Gasteiger partial charge is 0.342 e. The topological polar surface area (TPSA) is 49.4 Å². The van der Waals surface area contributed by atoms with Crippen molar-refractivity contribution in [3.05, 3.63) is 0 Å². The highest BCUT2D eigenvalue weighted by molar-refractivity contribution is 5.93. The average molecular weight is 254 g/mol. The van der Waals surface area contributed by atoms with Crippen LogP contribution in [0.1, 0.15) is 53.9 Å². The molecule has 2 amide bonds. The van der Waals surface area contributed by atoms with E-state index < -0.39 is 5.54 Å². The summed E-state index contributed by atoms with van der Waals surface area (Å²) >= 11 is 0. The molecule has 18 heavy (non-hydrogen) atoms. The molecular weight excluding hydrogens is 228 g/mol. The van der Waals surface area contributed by atoms with Crippen LogP contribution in [0.15, 0.2) is 0 Å². The first kappa shape index (κ1) is 15.0. The van der Waals surface area contributed by atoms with Gasteiger partial charge in [0.15, 0.2) is 0 Å². The first-order valence-corrected chi connectivity index (χ1v) is 6.93. The number of rotatable bonds is 4. The van der Waals surface area contributed by atoms with Crippen molar-refractivity contribution in [2.75, 3.05) is 6.54 Å². The van der Waals surface area contributed by atoms with Crippen molar-refractivity contribution in [1.29, 1.82) is 0 Å². The molecule has 0 bridgehead atoms. The maximum absolute atomic E-state index is 12.5. The van der Waals surface area contributed by atoms with Crippen molar-refractivity contribution < 1.29 is 9.59 Å². The number of hydrogen-bond donors (Lipinski definition) is 1. The summed E-state index contributed by atoms with van der Waals surface area (Å²) in [5, 5.41) is 2.81. The molecule has 0 saturated carbocycles. The molecule has 104 valence electrons. The molecule has 1 saturated heterocycles. The molecule has 0 aromatic carbocycles. The van der Waals surface area contributed by atoms with Gasteiger partial charge >= 0.3 is 0 Å². The first-order chi connectivity index (χ1) is 8.31. The van der Waals surface area contributed by atoms with E-state index in [0.29, 0.717) is 12.3 Å². The Labute approximate surface area is 110 Å². The summed E-state index contributed by atoms with van der Waals surface area (Å²) < 4.78 is 0. The molecule has 4 heteroatoms. The predicted octanol–water partition coefficient (Wildman–Crippen LogP) is 1.94. The lowest BCUT2D eigenvalue weighted by atomic mass is 9.99. The highest BCUT2D eigenvalue weighted by Gasteiger charge is 2.39. The number of amides is 2. The fourth-order valence-corrected chi connectivity index (χ4v) is 2.48. The van der Waals surface area contributed by atoms with Crippen LogP contribution in [0.2, 0.25) is 0 Å². The molecule has 1 rings (SSSR count). The Morgan fingerprint density at radius 2 is 1.89 bits per heavy atom. The number of carbonyl (C=O) groups excluding carboxylic acids is 2. The van der Waals surface area contributed by atoms with Gasteiger partial charge in [-0.2, -0.15) is 0 Å². The van der Waals surface area contributed by atoms with Crippen molar-refractivity contribution in [3.8, 4) is 0 Å². The third kappa shape index (κ3) is 3.24. The molecule has 1 aliphatic rings. The minimum absolute atomic E-state index is 0.0140. The minimum Gasteiger partial charge on any atom is -0.342 e. The molecule has 0 aromatic rings. The van der Waals surface area contributed by atoms with Crippen molar-refractivity contribution in [2.24, 2.45) is 5.92 Å². The van der Waals surface area contributed by atoms with Crippen LogP contribution in [0.3, 0.4) is 0 Å². The standard InChI is InChI=1S/C14H26N2O2/c1-6-11(7-2)9-16-10(3)8-12(17)15-14(4,5)13(16)18/h10-11H,6-9H2,1-5H3,(H,15,17). The number of nitrogens with zero attached hydrogens (tertiary/aromatic N) is 1. The summed E-state index contributed by atoms with van der Waals surface area (Å²) in [5.41, 5.74) is -0.784. The van der Waals surface area contributed by atoms with Gasteiger partial charge in [0, 0.05) is 19.0 Å². The molecule has 4 nitrogen and oxygen atoms in total. The Morgan fingerprint density at radius 3 is 2.39 bits per heavy atom. The molecule has 1 N–H and O–H groups in total. The third-order valence-corrected chi connectivity index (χ3v) is 3.87. The maximum Gasteiger partial charge on any atom is 0.248 e. The Hall–Kier alpha value is -1.06. The lowest BCUT2D eigenvalue weighted by Gasteiger charge is -2.34. The van der Waals surface area contributed by atoms with Gasteiger partial charge in [-0.15, -0.1) is 0 Å². The third-order valence-electron chi connectivity index (χ3n) is 3.87. The van der Waals surface area contributed by atoms with Crippen LogP contribution in [0.25, 0.3) is 0 Å². The second-order valence-corrected chi connectivity index (χ2v) is 5.87. The predicted molar refractivity (Wildman–Crippen MR) is 72.1 cm³/mol. The molecule has 0 spiro atoms. The second kappa shape index (κ2) is 5.72. The summed E-state index contributed by atoms with van der Waals surface area (Å²) in [7, 11) is 0. The molecular formula is C14H26N2O2. The lowest BCUT2D eigenvalue weighted by Crippen LogP contribution is -2.54. The van der Waals surface area contributed by atoms with Crippen LogP contribution >= 0.6 is 0 Å². The van der Waals surface area contributed by atoms with Crippen LogP contribution in [0.4, 0.5) is 0 Å². The molecule has 1 unspecified atom stereocenters. The van der Waals surface area contributed by atoms with Gasteiger partial charge in [-0.05, 0) is 26.7 Å². The van der Waals surface area contributed by atoms with E-state index in [0.717, 1.165) is 19.4 Å². The zero-order chi connectivity index (χ0) is 13.9. The minimum atomic E-state index is -0.784. The fraction of sp³-hybridized carbons (Fsp3) is 0.857. The van der Waals surface area contributed by atoms with Gasteiger partial charge < -0.3 is 10.2 Å². The van der Waals surface area contributed by atoms with Gasteiger partial charge in [0.2, 0.25) is 11.8 Å². The maximum atomic E-state index is 12.5. The number of carbonyl (C=O) groups is 2. The molecule has 0 aliphatic carbocycles. The Morgan fingerprint density at radius 1 is 1.33 bits per heavy atom.